The van der Waals surface area contributed by atoms with Gasteiger partial charge in [-0.05, 0) is 77.6 Å². The second-order valence-electron chi connectivity index (χ2n) is 10.8. The van der Waals surface area contributed by atoms with E-state index >= 15 is 0 Å². The minimum absolute atomic E-state index is 0.0696. The molecule has 0 radical (unpaired) electrons. The number of nitrogens with one attached hydrogen (secondary N) is 2. The van der Waals surface area contributed by atoms with Gasteiger partial charge in [-0.15, -0.1) is 6.58 Å². The summed E-state index contributed by atoms with van der Waals surface area (Å²) in [6.45, 7) is 19.9. The van der Waals surface area contributed by atoms with E-state index < -0.39 is 35.2 Å². The van der Waals surface area contributed by atoms with Gasteiger partial charge in [0.1, 0.15) is 23.4 Å². The zero-order valence-electron chi connectivity index (χ0n) is 22.0. The Labute approximate surface area is 203 Å². The summed E-state index contributed by atoms with van der Waals surface area (Å²) in [4.78, 5) is 41.1. The zero-order valence-corrected chi connectivity index (χ0v) is 22.0. The van der Waals surface area contributed by atoms with E-state index in [1.165, 1.54) is 17.0 Å². The molecule has 0 aliphatic heterocycles. The highest BCUT2D eigenvalue weighted by atomic mass is 16.6. The number of carbonyl (C=O) groups excluding carboxylic acids is 3. The van der Waals surface area contributed by atoms with Crippen LogP contribution < -0.4 is 10.6 Å². The first-order valence-corrected chi connectivity index (χ1v) is 11.5. The maximum Gasteiger partial charge on any atom is 0.408 e. The first-order chi connectivity index (χ1) is 15.5. The lowest BCUT2D eigenvalue weighted by Crippen LogP contribution is -2.56. The Morgan fingerprint density at radius 3 is 2.18 bits per heavy atom. The highest BCUT2D eigenvalue weighted by Crippen LogP contribution is 2.28. The van der Waals surface area contributed by atoms with E-state index in [2.05, 4.69) is 17.2 Å². The number of nitrogens with zero attached hydrogens (tertiary/aromatic N) is 1. The third kappa shape index (κ3) is 8.72. The van der Waals surface area contributed by atoms with E-state index in [0.717, 1.165) is 0 Å². The summed E-state index contributed by atoms with van der Waals surface area (Å²) < 4.78 is 5.35. The number of hydrogen-bond donors (Lipinski definition) is 3. The molecular formula is C26H41N3O5. The lowest BCUT2D eigenvalue weighted by molar-refractivity contribution is -0.143. The Balaban J connectivity index is 3.50. The van der Waals surface area contributed by atoms with Gasteiger partial charge in [-0.3, -0.25) is 9.59 Å². The number of phenolic OH excluding ortho intramolecular Hbond substituents is 1. The molecule has 190 valence electrons. The van der Waals surface area contributed by atoms with Crippen LogP contribution in [0, 0.1) is 12.8 Å². The van der Waals surface area contributed by atoms with Crippen LogP contribution >= 0.6 is 0 Å². The van der Waals surface area contributed by atoms with Gasteiger partial charge >= 0.3 is 6.09 Å². The minimum atomic E-state index is -1.01. The topological polar surface area (TPSA) is 108 Å². The molecule has 8 nitrogen and oxygen atoms in total. The predicted molar refractivity (Wildman–Crippen MR) is 133 cm³/mol. The summed E-state index contributed by atoms with van der Waals surface area (Å²) in [5.41, 5.74) is -0.165. The first kappa shape index (κ1) is 29.0. The summed E-state index contributed by atoms with van der Waals surface area (Å²) in [6.07, 6.45) is 0.821. The minimum Gasteiger partial charge on any atom is -0.508 e. The molecule has 0 heterocycles. The van der Waals surface area contributed by atoms with Gasteiger partial charge in [-0.2, -0.15) is 0 Å². The van der Waals surface area contributed by atoms with E-state index in [4.69, 9.17) is 4.74 Å². The van der Waals surface area contributed by atoms with Crippen LogP contribution in [0.3, 0.4) is 0 Å². The molecule has 0 spiro atoms. The van der Waals surface area contributed by atoms with Crippen LogP contribution in [0.4, 0.5) is 4.79 Å². The van der Waals surface area contributed by atoms with Gasteiger partial charge < -0.3 is 25.4 Å². The lowest BCUT2D eigenvalue weighted by Gasteiger charge is -2.36. The Morgan fingerprint density at radius 2 is 1.74 bits per heavy atom. The van der Waals surface area contributed by atoms with Crippen molar-refractivity contribution in [2.75, 3.05) is 6.54 Å². The molecule has 0 aliphatic carbocycles. The van der Waals surface area contributed by atoms with Crippen molar-refractivity contribution >= 4 is 17.9 Å². The monoisotopic (exact) mass is 475 g/mol. The maximum atomic E-state index is 13.8. The normalized spacial score (nSPS) is 13.6. The number of benzene rings is 1. The Morgan fingerprint density at radius 1 is 1.15 bits per heavy atom. The van der Waals surface area contributed by atoms with E-state index in [0.29, 0.717) is 11.1 Å². The van der Waals surface area contributed by atoms with Crippen LogP contribution in [-0.4, -0.2) is 51.6 Å². The van der Waals surface area contributed by atoms with E-state index in [9.17, 15) is 19.5 Å². The SMILES string of the molecule is C=CCN(C(=O)C(NC(=O)OC(C)(C)C)C(C)C)C(C(=O)NC(C)(C)C)c1ccc(O)c(C)c1. The molecule has 34 heavy (non-hydrogen) atoms. The Bertz CT molecular complexity index is 897. The number of aromatic hydroxyl groups is 1. The summed E-state index contributed by atoms with van der Waals surface area (Å²) in [5, 5.41) is 15.6. The number of rotatable bonds is 8. The van der Waals surface area contributed by atoms with Gasteiger partial charge in [0.15, 0.2) is 0 Å². The van der Waals surface area contributed by atoms with Crippen LogP contribution in [0.2, 0.25) is 0 Å². The van der Waals surface area contributed by atoms with Crippen LogP contribution in [0.25, 0.3) is 0 Å². The maximum absolute atomic E-state index is 13.8. The van der Waals surface area contributed by atoms with Crippen molar-refractivity contribution in [2.45, 2.75) is 85.5 Å². The fourth-order valence-electron chi connectivity index (χ4n) is 3.35. The van der Waals surface area contributed by atoms with Gasteiger partial charge in [0.2, 0.25) is 11.8 Å². The molecule has 1 rings (SSSR count). The fraction of sp³-hybridized carbons (Fsp3) is 0.577. The molecule has 1 aromatic carbocycles. The highest BCUT2D eigenvalue weighted by molar-refractivity contribution is 5.92. The number of carbonyl (C=O) groups is 3. The quantitative estimate of drug-likeness (QED) is 0.488. The van der Waals surface area contributed by atoms with Crippen LogP contribution in [0.15, 0.2) is 30.9 Å². The van der Waals surface area contributed by atoms with Crippen molar-refractivity contribution in [3.05, 3.63) is 42.0 Å². The van der Waals surface area contributed by atoms with Crippen LogP contribution in [0.5, 0.6) is 5.75 Å². The predicted octanol–water partition coefficient (Wildman–Crippen LogP) is 4.22. The molecule has 0 aromatic heterocycles. The molecule has 0 aliphatic rings. The first-order valence-electron chi connectivity index (χ1n) is 11.5. The number of amides is 3. The van der Waals surface area contributed by atoms with Crippen molar-refractivity contribution < 1.29 is 24.2 Å². The summed E-state index contributed by atoms with van der Waals surface area (Å²) >= 11 is 0. The van der Waals surface area contributed by atoms with E-state index in [1.54, 1.807) is 53.7 Å². The summed E-state index contributed by atoms with van der Waals surface area (Å²) in [6, 6.07) is 2.85. The largest absolute Gasteiger partial charge is 0.508 e. The van der Waals surface area contributed by atoms with Gasteiger partial charge in [-0.1, -0.05) is 26.0 Å². The van der Waals surface area contributed by atoms with Gasteiger partial charge in [0.25, 0.3) is 0 Å². The summed E-state index contributed by atoms with van der Waals surface area (Å²) in [5.74, 6) is -1.01. The van der Waals surface area contributed by atoms with Gasteiger partial charge in [-0.25, -0.2) is 4.79 Å². The molecule has 3 amide bonds. The molecule has 3 N–H and O–H groups in total. The van der Waals surface area contributed by atoms with Gasteiger partial charge in [0, 0.05) is 12.1 Å². The standard InChI is InChI=1S/C26H41N3O5/c1-11-14-29(23(32)20(16(2)3)27-24(33)34-26(8,9)10)21(22(31)28-25(5,6)7)18-12-13-19(30)17(4)15-18/h11-13,15-16,20-21,30H,1,14H2,2-10H3,(H,27,33)(H,28,31). The second kappa shape index (κ2) is 11.4. The van der Waals surface area contributed by atoms with Crippen molar-refractivity contribution in [1.29, 1.82) is 0 Å². The molecule has 8 heteroatoms. The third-order valence-corrected chi connectivity index (χ3v) is 4.81. The Kier molecular flexibility index (Phi) is 9.73. The molecule has 0 saturated heterocycles. The fourth-order valence-corrected chi connectivity index (χ4v) is 3.35. The third-order valence-electron chi connectivity index (χ3n) is 4.81. The molecule has 2 atom stereocenters. The van der Waals surface area contributed by atoms with E-state index in [-0.39, 0.29) is 24.1 Å². The molecule has 2 unspecified atom stereocenters. The number of alkyl carbamates (subject to hydrolysis) is 1. The molecule has 0 fully saturated rings. The molecular weight excluding hydrogens is 434 g/mol. The Hall–Kier alpha value is -3.03. The molecule has 1 aromatic rings. The number of ether oxygens (including phenoxy) is 1. The highest BCUT2D eigenvalue weighted by Gasteiger charge is 2.38. The number of aryl methyl sites for hydroxylation is 1. The van der Waals surface area contributed by atoms with E-state index in [1.807, 2.05) is 20.8 Å². The van der Waals surface area contributed by atoms with Crippen LogP contribution in [-0.2, 0) is 14.3 Å². The average Bonchev–Trinajstić information content (AvgIpc) is 2.65. The summed E-state index contributed by atoms with van der Waals surface area (Å²) in [7, 11) is 0. The van der Waals surface area contributed by atoms with Crippen LogP contribution in [0.1, 0.15) is 72.6 Å². The van der Waals surface area contributed by atoms with Crippen molar-refractivity contribution in [2.24, 2.45) is 5.92 Å². The molecule has 0 bridgehead atoms. The number of hydrogen-bond acceptors (Lipinski definition) is 5. The lowest BCUT2D eigenvalue weighted by atomic mass is 9.97. The number of phenols is 1. The smallest absolute Gasteiger partial charge is 0.408 e. The van der Waals surface area contributed by atoms with Crippen molar-refractivity contribution in [1.82, 2.24) is 15.5 Å². The molecule has 0 saturated carbocycles. The van der Waals surface area contributed by atoms with Crippen molar-refractivity contribution in [3.8, 4) is 5.75 Å². The second-order valence-corrected chi connectivity index (χ2v) is 10.8. The zero-order chi connectivity index (χ0) is 26.4. The van der Waals surface area contributed by atoms with Crippen molar-refractivity contribution in [3.63, 3.8) is 0 Å². The van der Waals surface area contributed by atoms with Gasteiger partial charge in [0.05, 0.1) is 0 Å². The average molecular weight is 476 g/mol.